The van der Waals surface area contributed by atoms with Gasteiger partial charge < -0.3 is 5.73 Å². The van der Waals surface area contributed by atoms with Gasteiger partial charge in [0.25, 0.3) is 0 Å². The first-order valence-corrected chi connectivity index (χ1v) is 5.26. The Labute approximate surface area is 92.9 Å². The van der Waals surface area contributed by atoms with Crippen molar-refractivity contribution in [3.05, 3.63) is 53.5 Å². The molecule has 0 spiro atoms. The smallest absolute Gasteiger partial charge is 0.132 e. The van der Waals surface area contributed by atoms with Gasteiger partial charge in [-0.15, -0.1) is 0 Å². The summed E-state index contributed by atoms with van der Waals surface area (Å²) in [7, 11) is 0. The van der Waals surface area contributed by atoms with Crippen molar-refractivity contribution >= 4 is 0 Å². The molecule has 0 amide bonds. The molecule has 1 unspecified atom stereocenters. The minimum atomic E-state index is -0.214. The summed E-state index contributed by atoms with van der Waals surface area (Å²) in [5.41, 5.74) is 9.11. The molecule has 0 fully saturated rings. The highest BCUT2D eigenvalue weighted by Gasteiger charge is 2.30. The van der Waals surface area contributed by atoms with Gasteiger partial charge in [-0.2, -0.15) is 0 Å². The largest absolute Gasteiger partial charge is 0.330 e. The Hall–Kier alpha value is -1.74. The topological polar surface area (TPSA) is 38.9 Å². The van der Waals surface area contributed by atoms with Crippen molar-refractivity contribution in [2.45, 2.75) is 5.92 Å². The van der Waals surface area contributed by atoms with E-state index in [1.54, 1.807) is 12.3 Å². The summed E-state index contributed by atoms with van der Waals surface area (Å²) in [6, 6.07) is 8.96. The first-order valence-electron chi connectivity index (χ1n) is 5.26. The van der Waals surface area contributed by atoms with Crippen LogP contribution in [0.25, 0.3) is 11.3 Å². The Morgan fingerprint density at radius 3 is 2.81 bits per heavy atom. The number of halogens is 1. The van der Waals surface area contributed by atoms with E-state index in [9.17, 15) is 4.39 Å². The lowest BCUT2D eigenvalue weighted by Crippen LogP contribution is -2.11. The maximum atomic E-state index is 13.8. The molecule has 1 aliphatic carbocycles. The predicted molar refractivity (Wildman–Crippen MR) is 60.5 cm³/mol. The van der Waals surface area contributed by atoms with Crippen LogP contribution in [0.15, 0.2) is 36.5 Å². The fraction of sp³-hybridized carbons (Fsp3) is 0.154. The third-order valence-electron chi connectivity index (χ3n) is 3.11. The van der Waals surface area contributed by atoms with Crippen molar-refractivity contribution in [2.24, 2.45) is 5.73 Å². The molecule has 0 aliphatic heterocycles. The summed E-state index contributed by atoms with van der Waals surface area (Å²) >= 11 is 0. The third kappa shape index (κ3) is 1.12. The van der Waals surface area contributed by atoms with Gasteiger partial charge in [-0.05, 0) is 23.3 Å². The van der Waals surface area contributed by atoms with Crippen LogP contribution in [0.3, 0.4) is 0 Å². The zero-order valence-corrected chi connectivity index (χ0v) is 8.65. The lowest BCUT2D eigenvalue weighted by Gasteiger charge is -2.09. The van der Waals surface area contributed by atoms with Crippen LogP contribution in [0, 0.1) is 5.82 Å². The molecular formula is C13H11FN2. The van der Waals surface area contributed by atoms with Gasteiger partial charge in [-0.25, -0.2) is 4.39 Å². The maximum Gasteiger partial charge on any atom is 0.132 e. The van der Waals surface area contributed by atoms with Gasteiger partial charge in [-0.3, -0.25) is 4.98 Å². The molecule has 0 saturated heterocycles. The quantitative estimate of drug-likeness (QED) is 0.791. The maximum absolute atomic E-state index is 13.8. The Morgan fingerprint density at radius 1 is 1.19 bits per heavy atom. The molecule has 3 rings (SSSR count). The van der Waals surface area contributed by atoms with E-state index in [0.29, 0.717) is 12.1 Å². The highest BCUT2D eigenvalue weighted by Crippen LogP contribution is 2.43. The average Bonchev–Trinajstić information content (AvgIpc) is 2.64. The number of nitrogens with zero attached hydrogens (tertiary/aromatic N) is 1. The minimum Gasteiger partial charge on any atom is -0.330 e. The normalized spacial score (nSPS) is 17.0. The number of aromatic nitrogens is 1. The van der Waals surface area contributed by atoms with E-state index in [0.717, 1.165) is 16.8 Å². The lowest BCUT2D eigenvalue weighted by molar-refractivity contribution is 0.629. The Bertz CT molecular complexity index is 551. The molecule has 2 aromatic rings. The number of nitrogens with two attached hydrogens (primary N) is 1. The minimum absolute atomic E-state index is 0.0781. The van der Waals surface area contributed by atoms with Crippen LogP contribution in [0.1, 0.15) is 17.0 Å². The molecule has 0 radical (unpaired) electrons. The van der Waals surface area contributed by atoms with Gasteiger partial charge in [-0.1, -0.05) is 18.2 Å². The molecule has 2 N–H and O–H groups in total. The molecule has 1 aliphatic rings. The molecule has 80 valence electrons. The second kappa shape index (κ2) is 3.39. The number of pyridine rings is 1. The molecule has 1 aromatic heterocycles. The summed E-state index contributed by atoms with van der Waals surface area (Å²) in [6.07, 6.45) is 1.69. The standard InChI is InChI=1S/C13H11FN2/c14-11-5-1-3-8-10(7-15)9-4-2-6-16-13(9)12(8)11/h1-6,10H,7,15H2. The van der Waals surface area contributed by atoms with Crippen molar-refractivity contribution in [1.82, 2.24) is 4.98 Å². The van der Waals surface area contributed by atoms with Gasteiger partial charge in [0, 0.05) is 24.2 Å². The van der Waals surface area contributed by atoms with E-state index < -0.39 is 0 Å². The van der Waals surface area contributed by atoms with Crippen molar-refractivity contribution < 1.29 is 4.39 Å². The second-order valence-electron chi connectivity index (χ2n) is 3.93. The molecule has 0 saturated carbocycles. The summed E-state index contributed by atoms with van der Waals surface area (Å²) in [5.74, 6) is -0.136. The molecular weight excluding hydrogens is 203 g/mol. The molecule has 0 bridgehead atoms. The van der Waals surface area contributed by atoms with Crippen LogP contribution in [0.2, 0.25) is 0 Å². The fourth-order valence-corrected chi connectivity index (χ4v) is 2.41. The molecule has 1 aromatic carbocycles. The van der Waals surface area contributed by atoms with Crippen molar-refractivity contribution in [1.29, 1.82) is 0 Å². The van der Waals surface area contributed by atoms with Crippen LogP contribution in [0.5, 0.6) is 0 Å². The van der Waals surface area contributed by atoms with E-state index in [2.05, 4.69) is 4.98 Å². The van der Waals surface area contributed by atoms with Crippen LogP contribution in [-0.2, 0) is 0 Å². The number of hydrogen-bond donors (Lipinski definition) is 1. The van der Waals surface area contributed by atoms with Crippen LogP contribution < -0.4 is 5.73 Å². The number of rotatable bonds is 1. The molecule has 1 atom stereocenters. The fourth-order valence-electron chi connectivity index (χ4n) is 2.41. The summed E-state index contributed by atoms with van der Waals surface area (Å²) in [5, 5.41) is 0. The van der Waals surface area contributed by atoms with Gasteiger partial charge in [0.15, 0.2) is 0 Å². The van der Waals surface area contributed by atoms with E-state index in [1.807, 2.05) is 18.2 Å². The predicted octanol–water partition coefficient (Wildman–Crippen LogP) is 2.29. The van der Waals surface area contributed by atoms with Gasteiger partial charge in [0.2, 0.25) is 0 Å². The van der Waals surface area contributed by atoms with Gasteiger partial charge in [0.1, 0.15) is 5.82 Å². The number of hydrogen-bond acceptors (Lipinski definition) is 2. The first-order chi connectivity index (χ1) is 7.83. The first kappa shape index (κ1) is 9.48. The van der Waals surface area contributed by atoms with Crippen LogP contribution in [0.4, 0.5) is 4.39 Å². The molecule has 16 heavy (non-hydrogen) atoms. The lowest BCUT2D eigenvalue weighted by atomic mass is 9.98. The van der Waals surface area contributed by atoms with E-state index in [1.165, 1.54) is 6.07 Å². The highest BCUT2D eigenvalue weighted by atomic mass is 19.1. The second-order valence-corrected chi connectivity index (χ2v) is 3.93. The van der Waals surface area contributed by atoms with E-state index in [-0.39, 0.29) is 11.7 Å². The molecule has 3 heteroatoms. The zero-order valence-electron chi connectivity index (χ0n) is 8.65. The van der Waals surface area contributed by atoms with E-state index in [4.69, 9.17) is 5.73 Å². The third-order valence-corrected chi connectivity index (χ3v) is 3.11. The monoisotopic (exact) mass is 214 g/mol. The van der Waals surface area contributed by atoms with Crippen LogP contribution in [-0.4, -0.2) is 11.5 Å². The SMILES string of the molecule is NCC1c2cccnc2-c2c(F)cccc21. The Balaban J connectivity index is 2.35. The number of benzene rings is 1. The molecule has 2 nitrogen and oxygen atoms in total. The van der Waals surface area contributed by atoms with Gasteiger partial charge >= 0.3 is 0 Å². The Morgan fingerprint density at radius 2 is 2.00 bits per heavy atom. The summed E-state index contributed by atoms with van der Waals surface area (Å²) < 4.78 is 13.8. The summed E-state index contributed by atoms with van der Waals surface area (Å²) in [4.78, 5) is 4.26. The highest BCUT2D eigenvalue weighted by molar-refractivity contribution is 5.76. The summed E-state index contributed by atoms with van der Waals surface area (Å²) in [6.45, 7) is 0.481. The van der Waals surface area contributed by atoms with Crippen molar-refractivity contribution in [2.75, 3.05) is 6.54 Å². The van der Waals surface area contributed by atoms with Crippen molar-refractivity contribution in [3.8, 4) is 11.3 Å². The van der Waals surface area contributed by atoms with Crippen LogP contribution >= 0.6 is 0 Å². The zero-order chi connectivity index (χ0) is 11.1. The van der Waals surface area contributed by atoms with Crippen molar-refractivity contribution in [3.63, 3.8) is 0 Å². The molecule has 1 heterocycles. The average molecular weight is 214 g/mol. The Kier molecular flexibility index (Phi) is 2.01. The number of fused-ring (bicyclic) bond motifs is 3. The van der Waals surface area contributed by atoms with Gasteiger partial charge in [0.05, 0.1) is 5.69 Å². The van der Waals surface area contributed by atoms with E-state index >= 15 is 0 Å².